The van der Waals surface area contributed by atoms with Gasteiger partial charge in [-0.25, -0.2) is 0 Å². The second kappa shape index (κ2) is 12.8. The molecule has 4 aromatic rings. The van der Waals surface area contributed by atoms with Gasteiger partial charge < -0.3 is 26.3 Å². The second-order valence-corrected chi connectivity index (χ2v) is 9.37. The van der Waals surface area contributed by atoms with Crippen LogP contribution in [0.2, 0.25) is 0 Å². The molecule has 206 valence electrons. The summed E-state index contributed by atoms with van der Waals surface area (Å²) in [6, 6.07) is 22.0. The van der Waals surface area contributed by atoms with Gasteiger partial charge in [0.2, 0.25) is 5.91 Å². The summed E-state index contributed by atoms with van der Waals surface area (Å²) in [7, 11) is 1.47. The van der Waals surface area contributed by atoms with Crippen molar-refractivity contribution in [1.29, 1.82) is 0 Å². The molecular weight excluding hydrogens is 530 g/mol. The zero-order valence-electron chi connectivity index (χ0n) is 22.0. The number of ether oxygens (including phenoxy) is 2. The molecule has 11 heteroatoms. The molecule has 5 N–H and O–H groups in total. The van der Waals surface area contributed by atoms with Crippen LogP contribution < -0.4 is 31.2 Å². The molecular formula is C29H29N5O5S. The van der Waals surface area contributed by atoms with E-state index in [9.17, 15) is 14.4 Å². The third-order valence-corrected chi connectivity index (χ3v) is 6.89. The molecule has 0 aliphatic rings. The fourth-order valence-electron chi connectivity index (χ4n) is 4.15. The Morgan fingerprint density at radius 2 is 1.68 bits per heavy atom. The number of amides is 3. The largest absolute Gasteiger partial charge is 0.495 e. The lowest BCUT2D eigenvalue weighted by Gasteiger charge is -2.32. The summed E-state index contributed by atoms with van der Waals surface area (Å²) in [5.41, 5.74) is 12.9. The number of anilines is 2. The van der Waals surface area contributed by atoms with Crippen LogP contribution in [0, 0.1) is 0 Å². The predicted molar refractivity (Wildman–Crippen MR) is 153 cm³/mol. The summed E-state index contributed by atoms with van der Waals surface area (Å²) in [5, 5.41) is 2.95. The van der Waals surface area contributed by atoms with E-state index in [4.69, 9.17) is 20.9 Å². The Labute approximate surface area is 235 Å². The second-order valence-electron chi connectivity index (χ2n) is 8.59. The van der Waals surface area contributed by atoms with Crippen molar-refractivity contribution in [1.82, 2.24) is 9.69 Å². The van der Waals surface area contributed by atoms with Gasteiger partial charge in [-0.2, -0.15) is 4.37 Å². The number of carbonyl (C=O) groups excluding carboxylic acids is 3. The van der Waals surface area contributed by atoms with E-state index in [0.29, 0.717) is 29.4 Å². The van der Waals surface area contributed by atoms with Crippen molar-refractivity contribution in [3.8, 4) is 11.5 Å². The topological polar surface area (TPSA) is 150 Å². The number of nitrogen functional groups attached to an aromatic ring is 1. The van der Waals surface area contributed by atoms with Gasteiger partial charge in [-0.15, -0.1) is 0 Å². The number of hydrogen-bond donors (Lipinski definition) is 3. The molecule has 0 radical (unpaired) electrons. The Morgan fingerprint density at radius 1 is 1.00 bits per heavy atom. The molecule has 0 bridgehead atoms. The van der Waals surface area contributed by atoms with E-state index < -0.39 is 23.8 Å². The Bertz CT molecular complexity index is 1490. The third kappa shape index (κ3) is 6.05. The molecule has 0 fully saturated rings. The minimum atomic E-state index is -1.17. The van der Waals surface area contributed by atoms with Gasteiger partial charge in [0.05, 0.1) is 25.1 Å². The number of nitrogens with one attached hydrogen (secondary N) is 1. The smallest absolute Gasteiger partial charge is 0.273 e. The van der Waals surface area contributed by atoms with Crippen molar-refractivity contribution in [2.75, 3.05) is 24.4 Å². The molecule has 40 heavy (non-hydrogen) atoms. The molecule has 0 aliphatic heterocycles. The Hall–Kier alpha value is -4.90. The summed E-state index contributed by atoms with van der Waals surface area (Å²) in [5.74, 6) is -1.00. The van der Waals surface area contributed by atoms with Gasteiger partial charge >= 0.3 is 0 Å². The first-order valence-electron chi connectivity index (χ1n) is 12.4. The zero-order chi connectivity index (χ0) is 28.6. The first-order chi connectivity index (χ1) is 19.3. The lowest BCUT2D eigenvalue weighted by atomic mass is 10.0. The maximum absolute atomic E-state index is 14.2. The van der Waals surface area contributed by atoms with E-state index in [1.165, 1.54) is 12.0 Å². The van der Waals surface area contributed by atoms with Gasteiger partial charge in [-0.3, -0.25) is 19.3 Å². The highest BCUT2D eigenvalue weighted by atomic mass is 32.1. The molecule has 1 unspecified atom stereocenters. The Kier molecular flexibility index (Phi) is 8.97. The van der Waals surface area contributed by atoms with Crippen molar-refractivity contribution in [3.05, 3.63) is 101 Å². The van der Waals surface area contributed by atoms with Crippen LogP contribution >= 0.6 is 11.5 Å². The summed E-state index contributed by atoms with van der Waals surface area (Å²) >= 11 is 0.733. The van der Waals surface area contributed by atoms with Crippen LogP contribution in [0.15, 0.2) is 78.9 Å². The van der Waals surface area contributed by atoms with E-state index in [1.807, 2.05) is 37.3 Å². The fraction of sp³-hybridized carbons (Fsp3) is 0.172. The van der Waals surface area contributed by atoms with Crippen molar-refractivity contribution < 1.29 is 23.9 Å². The minimum absolute atomic E-state index is 0.0356. The molecule has 1 heterocycles. The van der Waals surface area contributed by atoms with Crippen molar-refractivity contribution in [2.24, 2.45) is 5.73 Å². The van der Waals surface area contributed by atoms with Crippen LogP contribution in [0.25, 0.3) is 0 Å². The van der Waals surface area contributed by atoms with Gasteiger partial charge in [0.15, 0.2) is 5.69 Å². The summed E-state index contributed by atoms with van der Waals surface area (Å²) in [4.78, 5) is 41.3. The van der Waals surface area contributed by atoms with Crippen molar-refractivity contribution >= 4 is 40.6 Å². The van der Waals surface area contributed by atoms with Crippen LogP contribution in [-0.2, 0) is 11.3 Å². The van der Waals surface area contributed by atoms with Gasteiger partial charge in [0.1, 0.15) is 22.4 Å². The van der Waals surface area contributed by atoms with Crippen LogP contribution in [0.5, 0.6) is 11.5 Å². The number of methoxy groups -OCH3 is 1. The van der Waals surface area contributed by atoms with E-state index >= 15 is 0 Å². The lowest BCUT2D eigenvalue weighted by molar-refractivity contribution is -0.122. The third-order valence-electron chi connectivity index (χ3n) is 6.04. The normalized spacial score (nSPS) is 11.3. The highest BCUT2D eigenvalue weighted by molar-refractivity contribution is 7.09. The maximum Gasteiger partial charge on any atom is 0.273 e. The summed E-state index contributed by atoms with van der Waals surface area (Å²) in [6.45, 7) is 2.57. The molecule has 1 atom stereocenters. The molecule has 0 aliphatic carbocycles. The number of rotatable bonds is 11. The number of primary amides is 1. The number of hydrogen-bond acceptors (Lipinski definition) is 8. The number of para-hydroxylation sites is 2. The molecule has 10 nitrogen and oxygen atoms in total. The van der Waals surface area contributed by atoms with Gasteiger partial charge in [-0.1, -0.05) is 54.6 Å². The van der Waals surface area contributed by atoms with Crippen molar-refractivity contribution in [2.45, 2.75) is 19.5 Å². The Morgan fingerprint density at radius 3 is 2.30 bits per heavy atom. The molecule has 1 aromatic heterocycles. The quantitative estimate of drug-likeness (QED) is 0.252. The highest BCUT2D eigenvalue weighted by Gasteiger charge is 2.37. The lowest BCUT2D eigenvalue weighted by Crippen LogP contribution is -2.44. The van der Waals surface area contributed by atoms with E-state index in [-0.39, 0.29) is 22.8 Å². The van der Waals surface area contributed by atoms with Crippen LogP contribution in [0.3, 0.4) is 0 Å². The molecule has 0 saturated carbocycles. The maximum atomic E-state index is 14.2. The average Bonchev–Trinajstić information content (AvgIpc) is 3.37. The minimum Gasteiger partial charge on any atom is -0.495 e. The first-order valence-corrected chi connectivity index (χ1v) is 13.2. The van der Waals surface area contributed by atoms with E-state index in [2.05, 4.69) is 9.69 Å². The molecule has 0 spiro atoms. The van der Waals surface area contributed by atoms with Crippen molar-refractivity contribution in [3.63, 3.8) is 0 Å². The summed E-state index contributed by atoms with van der Waals surface area (Å²) < 4.78 is 15.1. The predicted octanol–water partition coefficient (Wildman–Crippen LogP) is 3.94. The van der Waals surface area contributed by atoms with Gasteiger partial charge in [0.25, 0.3) is 11.8 Å². The average molecular weight is 560 g/mol. The first kappa shape index (κ1) is 28.1. The van der Waals surface area contributed by atoms with Crippen LogP contribution in [0.4, 0.5) is 11.4 Å². The highest BCUT2D eigenvalue weighted by Crippen LogP contribution is 2.38. The summed E-state index contributed by atoms with van der Waals surface area (Å²) in [6.07, 6.45) is 0. The monoisotopic (exact) mass is 559 g/mol. The Balaban J connectivity index is 1.86. The number of aromatic nitrogens is 1. The molecule has 0 saturated heterocycles. The SMILES string of the molecule is CCOc1ccc(C(C(=O)NCc2ccccc2)N(C(=O)c2snc(C(N)=O)c2N)c2ccccc2OC)cc1. The van der Waals surface area contributed by atoms with Gasteiger partial charge in [-0.05, 0) is 53.8 Å². The van der Waals surface area contributed by atoms with Crippen LogP contribution in [0.1, 0.15) is 44.3 Å². The van der Waals surface area contributed by atoms with E-state index in [1.54, 1.807) is 48.5 Å². The standard InChI is InChI=1S/C29H29N5O5S/c1-3-39-20-15-13-19(14-16-20)25(28(36)32-17-18-9-5-4-6-10-18)34(21-11-7-8-12-22(21)38-2)29(37)26-23(30)24(27(31)35)33-40-26/h4-16,25H,3,17,30H2,1-2H3,(H2,31,35)(H,32,36). The number of nitrogens with zero attached hydrogens (tertiary/aromatic N) is 2. The number of benzene rings is 3. The number of carbonyl (C=O) groups is 3. The van der Waals surface area contributed by atoms with Crippen LogP contribution in [-0.4, -0.2) is 35.8 Å². The number of nitrogens with two attached hydrogens (primary N) is 2. The molecule has 3 amide bonds. The molecule has 3 aromatic carbocycles. The zero-order valence-corrected chi connectivity index (χ0v) is 22.8. The van der Waals surface area contributed by atoms with Gasteiger partial charge in [0, 0.05) is 6.54 Å². The van der Waals surface area contributed by atoms with E-state index in [0.717, 1.165) is 17.1 Å². The fourth-order valence-corrected chi connectivity index (χ4v) is 4.89. The molecule has 4 rings (SSSR count).